The summed E-state index contributed by atoms with van der Waals surface area (Å²) in [6, 6.07) is 12.9. The maximum atomic E-state index is 12.6. The van der Waals surface area contributed by atoms with Crippen LogP contribution in [0.3, 0.4) is 0 Å². The highest BCUT2D eigenvalue weighted by atomic mass is 35.5. The van der Waals surface area contributed by atoms with Crippen molar-refractivity contribution in [1.82, 2.24) is 9.47 Å². The van der Waals surface area contributed by atoms with Crippen LogP contribution >= 0.6 is 11.6 Å². The molecule has 1 N–H and O–H groups in total. The van der Waals surface area contributed by atoms with Crippen LogP contribution < -0.4 is 16.0 Å². The summed E-state index contributed by atoms with van der Waals surface area (Å²) in [5.74, 6) is -0.503. The molecule has 0 bridgehead atoms. The number of nitrogens with zero attached hydrogens (tertiary/aromatic N) is 3. The van der Waals surface area contributed by atoms with E-state index in [4.69, 9.17) is 16.0 Å². The lowest BCUT2D eigenvalue weighted by Crippen LogP contribution is -2.44. The van der Waals surface area contributed by atoms with Gasteiger partial charge in [-0.25, -0.2) is 4.79 Å². The number of para-hydroxylation sites is 2. The van der Waals surface area contributed by atoms with Gasteiger partial charge in [-0.05, 0) is 43.8 Å². The molecule has 0 saturated carbocycles. The number of aromatic nitrogens is 1. The number of carbonyl (C=O) groups is 1. The first-order chi connectivity index (χ1) is 14.5. The molecule has 1 fully saturated rings. The fourth-order valence-electron chi connectivity index (χ4n) is 3.77. The molecule has 1 saturated heterocycles. The number of oxazole rings is 1. The monoisotopic (exact) mass is 428 g/mol. The predicted molar refractivity (Wildman–Crippen MR) is 119 cm³/mol. The van der Waals surface area contributed by atoms with Crippen molar-refractivity contribution in [2.45, 2.75) is 19.4 Å². The van der Waals surface area contributed by atoms with Crippen molar-refractivity contribution in [3.8, 4) is 0 Å². The van der Waals surface area contributed by atoms with Crippen LogP contribution in [0.1, 0.15) is 12.8 Å². The summed E-state index contributed by atoms with van der Waals surface area (Å²) in [6.45, 7) is 4.17. The highest BCUT2D eigenvalue weighted by molar-refractivity contribution is 6.31. The Morgan fingerprint density at radius 2 is 1.90 bits per heavy atom. The van der Waals surface area contributed by atoms with Crippen LogP contribution in [0.5, 0.6) is 0 Å². The van der Waals surface area contributed by atoms with Crippen molar-refractivity contribution in [1.29, 1.82) is 0 Å². The van der Waals surface area contributed by atoms with Crippen molar-refractivity contribution >= 4 is 40.0 Å². The van der Waals surface area contributed by atoms with Gasteiger partial charge in [0.05, 0.1) is 16.9 Å². The van der Waals surface area contributed by atoms with Gasteiger partial charge in [0.15, 0.2) is 5.58 Å². The third kappa shape index (κ3) is 4.52. The van der Waals surface area contributed by atoms with Gasteiger partial charge in [-0.1, -0.05) is 23.7 Å². The minimum absolute atomic E-state index is 0.103. The molecule has 30 heavy (non-hydrogen) atoms. The summed E-state index contributed by atoms with van der Waals surface area (Å²) in [7, 11) is 2.11. The molecule has 0 radical (unpaired) electrons. The van der Waals surface area contributed by atoms with Gasteiger partial charge in [-0.15, -0.1) is 0 Å². The van der Waals surface area contributed by atoms with Crippen molar-refractivity contribution < 1.29 is 9.21 Å². The van der Waals surface area contributed by atoms with E-state index in [-0.39, 0.29) is 5.91 Å². The molecular formula is C22H25ClN4O3. The van der Waals surface area contributed by atoms with E-state index in [0.29, 0.717) is 30.0 Å². The number of fused-ring (bicyclic) bond motifs is 1. The molecule has 158 valence electrons. The summed E-state index contributed by atoms with van der Waals surface area (Å²) < 4.78 is 6.81. The zero-order chi connectivity index (χ0) is 21.1. The van der Waals surface area contributed by atoms with E-state index in [1.54, 1.807) is 16.7 Å². The highest BCUT2D eigenvalue weighted by Crippen LogP contribution is 2.30. The Labute approximate surface area is 179 Å². The van der Waals surface area contributed by atoms with Crippen LogP contribution in [-0.4, -0.2) is 48.6 Å². The van der Waals surface area contributed by atoms with Crippen molar-refractivity contribution in [3.63, 3.8) is 0 Å². The molecule has 0 unspecified atom stereocenters. The quantitative estimate of drug-likeness (QED) is 0.651. The van der Waals surface area contributed by atoms with Gasteiger partial charge < -0.3 is 19.5 Å². The van der Waals surface area contributed by atoms with Gasteiger partial charge >= 0.3 is 5.76 Å². The molecule has 4 rings (SSSR count). The molecule has 8 heteroatoms. The second-order valence-electron chi connectivity index (χ2n) is 7.59. The van der Waals surface area contributed by atoms with Crippen LogP contribution in [0.25, 0.3) is 11.1 Å². The Balaban J connectivity index is 1.40. The second-order valence-corrected chi connectivity index (χ2v) is 8.03. The molecule has 1 amide bonds. The number of nitrogens with one attached hydrogen (secondary N) is 1. The predicted octanol–water partition coefficient (Wildman–Crippen LogP) is 3.42. The Bertz CT molecular complexity index is 1100. The van der Waals surface area contributed by atoms with E-state index in [1.165, 1.54) is 0 Å². The lowest BCUT2D eigenvalue weighted by atomic mass is 10.2. The van der Waals surface area contributed by atoms with Gasteiger partial charge in [0.25, 0.3) is 0 Å². The first-order valence-corrected chi connectivity index (χ1v) is 10.5. The number of amides is 1. The molecule has 2 aromatic carbocycles. The maximum Gasteiger partial charge on any atom is 0.419 e. The summed E-state index contributed by atoms with van der Waals surface area (Å²) in [6.07, 6.45) is 0.820. The molecule has 2 heterocycles. The first-order valence-electron chi connectivity index (χ1n) is 10.1. The van der Waals surface area contributed by atoms with E-state index in [1.807, 2.05) is 30.3 Å². The lowest BCUT2D eigenvalue weighted by Gasteiger charge is -2.35. The molecule has 1 aromatic heterocycles. The molecule has 1 aliphatic heterocycles. The molecule has 1 aliphatic rings. The summed E-state index contributed by atoms with van der Waals surface area (Å²) in [5.41, 5.74) is 3.01. The van der Waals surface area contributed by atoms with Gasteiger partial charge in [0, 0.05) is 44.2 Å². The van der Waals surface area contributed by atoms with Crippen LogP contribution in [0.2, 0.25) is 5.02 Å². The normalized spacial score (nSPS) is 14.9. The van der Waals surface area contributed by atoms with Gasteiger partial charge in [0.2, 0.25) is 5.91 Å². The molecule has 3 aromatic rings. The van der Waals surface area contributed by atoms with Crippen LogP contribution in [0.15, 0.2) is 51.7 Å². The van der Waals surface area contributed by atoms with E-state index in [0.717, 1.165) is 43.1 Å². The van der Waals surface area contributed by atoms with Crippen LogP contribution in [0, 0.1) is 0 Å². The molecule has 0 aliphatic carbocycles. The number of carbonyl (C=O) groups excluding carboxylic acids is 1. The highest BCUT2D eigenvalue weighted by Gasteiger charge is 2.18. The second kappa shape index (κ2) is 8.93. The Kier molecular flexibility index (Phi) is 6.11. The number of likely N-dealkylation sites (N-methyl/N-ethyl adjacent to an activating group) is 1. The minimum Gasteiger partial charge on any atom is -0.408 e. The van der Waals surface area contributed by atoms with E-state index < -0.39 is 5.76 Å². The fraction of sp³-hybridized carbons (Fsp3) is 0.364. The number of halogens is 1. The fourth-order valence-corrected chi connectivity index (χ4v) is 3.94. The third-order valence-electron chi connectivity index (χ3n) is 5.44. The average molecular weight is 429 g/mol. The molecular weight excluding hydrogens is 404 g/mol. The van der Waals surface area contributed by atoms with E-state index in [9.17, 15) is 9.59 Å². The zero-order valence-corrected chi connectivity index (χ0v) is 17.7. The SMILES string of the molecule is CN1CCN(c2ccc(Cl)cc2NC(=O)CCCn2c(=O)oc3ccccc32)CC1. The summed E-state index contributed by atoms with van der Waals surface area (Å²) in [4.78, 5) is 29.2. The number of hydrogen-bond donors (Lipinski definition) is 1. The zero-order valence-electron chi connectivity index (χ0n) is 16.9. The summed E-state index contributed by atoms with van der Waals surface area (Å²) in [5, 5.41) is 3.59. The smallest absolute Gasteiger partial charge is 0.408 e. The topological polar surface area (TPSA) is 70.7 Å². The minimum atomic E-state index is -0.399. The van der Waals surface area contributed by atoms with Crippen LogP contribution in [0.4, 0.5) is 11.4 Å². The molecule has 7 nitrogen and oxygen atoms in total. The van der Waals surface area contributed by atoms with Crippen molar-refractivity contribution in [2.75, 3.05) is 43.4 Å². The molecule has 0 atom stereocenters. The average Bonchev–Trinajstić information content (AvgIpc) is 3.04. The number of rotatable bonds is 6. The largest absolute Gasteiger partial charge is 0.419 e. The van der Waals surface area contributed by atoms with Gasteiger partial charge in [-0.3, -0.25) is 9.36 Å². The van der Waals surface area contributed by atoms with E-state index in [2.05, 4.69) is 22.2 Å². The van der Waals surface area contributed by atoms with E-state index >= 15 is 0 Å². The van der Waals surface area contributed by atoms with Crippen LogP contribution in [-0.2, 0) is 11.3 Å². The molecule has 0 spiro atoms. The maximum absolute atomic E-state index is 12.6. The number of piperazine rings is 1. The van der Waals surface area contributed by atoms with Gasteiger partial charge in [-0.2, -0.15) is 0 Å². The van der Waals surface area contributed by atoms with Crippen molar-refractivity contribution in [2.24, 2.45) is 0 Å². The first kappa shape index (κ1) is 20.5. The Morgan fingerprint density at radius 1 is 1.13 bits per heavy atom. The lowest BCUT2D eigenvalue weighted by molar-refractivity contribution is -0.116. The number of benzene rings is 2. The Hall–Kier alpha value is -2.77. The Morgan fingerprint density at radius 3 is 2.70 bits per heavy atom. The number of aryl methyl sites for hydroxylation is 1. The van der Waals surface area contributed by atoms with Gasteiger partial charge in [0.1, 0.15) is 0 Å². The number of anilines is 2. The third-order valence-corrected chi connectivity index (χ3v) is 5.67. The summed E-state index contributed by atoms with van der Waals surface area (Å²) >= 11 is 6.18. The standard InChI is InChI=1S/C22H25ClN4O3/c1-25-11-13-26(14-12-25)18-9-8-16(23)15-17(18)24-21(28)7-4-10-27-19-5-2-3-6-20(19)30-22(27)29/h2-3,5-6,8-9,15H,4,7,10-14H2,1H3,(H,24,28). The van der Waals surface area contributed by atoms with Crippen molar-refractivity contribution in [3.05, 3.63) is 58.0 Å². The number of hydrogen-bond acceptors (Lipinski definition) is 5.